The summed E-state index contributed by atoms with van der Waals surface area (Å²) in [7, 11) is 0. The monoisotopic (exact) mass is 172 g/mol. The van der Waals surface area contributed by atoms with Crippen molar-refractivity contribution in [2.75, 3.05) is 0 Å². The van der Waals surface area contributed by atoms with Crippen LogP contribution in [0.25, 0.3) is 0 Å². The molecule has 72 valence electrons. The van der Waals surface area contributed by atoms with Crippen molar-refractivity contribution in [3.05, 3.63) is 0 Å². The maximum atomic E-state index is 9.96. The van der Waals surface area contributed by atoms with E-state index in [0.717, 1.165) is 19.3 Å². The van der Waals surface area contributed by atoms with E-state index in [1.807, 2.05) is 13.8 Å². The summed E-state index contributed by atoms with van der Waals surface area (Å²) in [6.45, 7) is 5.72. The van der Waals surface area contributed by atoms with Gasteiger partial charge >= 0.3 is 0 Å². The minimum Gasteiger partial charge on any atom is -0.393 e. The quantitative estimate of drug-likeness (QED) is 0.663. The molecule has 1 saturated carbocycles. The van der Waals surface area contributed by atoms with Crippen LogP contribution in [-0.2, 0) is 0 Å². The zero-order chi connectivity index (χ0) is 9.35. The van der Waals surface area contributed by atoms with E-state index in [9.17, 15) is 10.2 Å². The Bertz CT molecular complexity index is 152. The Morgan fingerprint density at radius 3 is 2.33 bits per heavy atom. The van der Waals surface area contributed by atoms with Gasteiger partial charge in [-0.05, 0) is 38.5 Å². The van der Waals surface area contributed by atoms with Crippen molar-refractivity contribution in [1.29, 1.82) is 0 Å². The van der Waals surface area contributed by atoms with Crippen LogP contribution in [0.5, 0.6) is 0 Å². The third kappa shape index (κ3) is 1.80. The van der Waals surface area contributed by atoms with Gasteiger partial charge in [0.05, 0.1) is 11.7 Å². The smallest absolute Gasteiger partial charge is 0.0651 e. The molecule has 1 aliphatic rings. The third-order valence-corrected chi connectivity index (χ3v) is 3.39. The first-order chi connectivity index (χ1) is 5.45. The molecule has 0 spiro atoms. The van der Waals surface area contributed by atoms with Gasteiger partial charge in [0.15, 0.2) is 0 Å². The average molecular weight is 172 g/mol. The van der Waals surface area contributed by atoms with Gasteiger partial charge in [0.25, 0.3) is 0 Å². The molecule has 0 aliphatic heterocycles. The molecule has 0 bridgehead atoms. The summed E-state index contributed by atoms with van der Waals surface area (Å²) in [4.78, 5) is 0. The molecule has 12 heavy (non-hydrogen) atoms. The topological polar surface area (TPSA) is 40.5 Å². The highest BCUT2D eigenvalue weighted by Gasteiger charge is 2.40. The van der Waals surface area contributed by atoms with Crippen LogP contribution in [-0.4, -0.2) is 21.9 Å². The van der Waals surface area contributed by atoms with Gasteiger partial charge in [-0.2, -0.15) is 0 Å². The Morgan fingerprint density at radius 1 is 1.42 bits per heavy atom. The normalized spacial score (nSPS) is 41.2. The number of aliphatic hydroxyl groups excluding tert-OH is 1. The van der Waals surface area contributed by atoms with Crippen molar-refractivity contribution in [3.63, 3.8) is 0 Å². The summed E-state index contributed by atoms with van der Waals surface area (Å²) < 4.78 is 0. The van der Waals surface area contributed by atoms with E-state index in [1.54, 1.807) is 6.92 Å². The van der Waals surface area contributed by atoms with Crippen LogP contribution in [0.15, 0.2) is 0 Å². The third-order valence-electron chi connectivity index (χ3n) is 3.39. The second-order valence-corrected chi connectivity index (χ2v) is 4.46. The lowest BCUT2D eigenvalue weighted by Crippen LogP contribution is -2.37. The van der Waals surface area contributed by atoms with Crippen molar-refractivity contribution in [2.24, 2.45) is 11.8 Å². The Balaban J connectivity index is 2.62. The van der Waals surface area contributed by atoms with Crippen molar-refractivity contribution < 1.29 is 10.2 Å². The molecule has 0 heterocycles. The second-order valence-electron chi connectivity index (χ2n) is 4.46. The van der Waals surface area contributed by atoms with Gasteiger partial charge in [0.1, 0.15) is 0 Å². The Morgan fingerprint density at radius 2 is 2.00 bits per heavy atom. The van der Waals surface area contributed by atoms with Crippen LogP contribution < -0.4 is 0 Å². The molecule has 1 rings (SSSR count). The molecule has 2 heteroatoms. The first kappa shape index (κ1) is 10.0. The lowest BCUT2D eigenvalue weighted by atomic mass is 9.80. The summed E-state index contributed by atoms with van der Waals surface area (Å²) in [6, 6.07) is 0. The van der Waals surface area contributed by atoms with Gasteiger partial charge in [-0.1, -0.05) is 13.3 Å². The molecule has 0 aromatic carbocycles. The van der Waals surface area contributed by atoms with Crippen molar-refractivity contribution in [2.45, 2.75) is 51.7 Å². The average Bonchev–Trinajstić information content (AvgIpc) is 2.27. The number of hydrogen-bond acceptors (Lipinski definition) is 2. The highest BCUT2D eigenvalue weighted by atomic mass is 16.3. The van der Waals surface area contributed by atoms with Gasteiger partial charge in [-0.25, -0.2) is 0 Å². The van der Waals surface area contributed by atoms with E-state index in [0.29, 0.717) is 0 Å². The van der Waals surface area contributed by atoms with Gasteiger partial charge in [0.2, 0.25) is 0 Å². The summed E-state index contributed by atoms with van der Waals surface area (Å²) in [5.41, 5.74) is -0.545. The van der Waals surface area contributed by atoms with E-state index in [4.69, 9.17) is 0 Å². The van der Waals surface area contributed by atoms with Gasteiger partial charge in [-0.15, -0.1) is 0 Å². The fraction of sp³-hybridized carbons (Fsp3) is 1.00. The molecule has 0 saturated heterocycles. The zero-order valence-electron chi connectivity index (χ0n) is 8.25. The van der Waals surface area contributed by atoms with E-state index in [2.05, 4.69) is 0 Å². The summed E-state index contributed by atoms with van der Waals surface area (Å²) >= 11 is 0. The first-order valence-corrected chi connectivity index (χ1v) is 4.85. The first-order valence-electron chi connectivity index (χ1n) is 4.85. The van der Waals surface area contributed by atoms with E-state index in [-0.39, 0.29) is 17.9 Å². The molecule has 2 nitrogen and oxygen atoms in total. The highest BCUT2D eigenvalue weighted by Crippen LogP contribution is 2.40. The van der Waals surface area contributed by atoms with E-state index in [1.165, 1.54) is 0 Å². The van der Waals surface area contributed by atoms with Crippen LogP contribution >= 0.6 is 0 Å². The fourth-order valence-electron chi connectivity index (χ4n) is 2.34. The largest absolute Gasteiger partial charge is 0.393 e. The Hall–Kier alpha value is -0.0800. The van der Waals surface area contributed by atoms with Gasteiger partial charge in [0, 0.05) is 0 Å². The van der Waals surface area contributed by atoms with Gasteiger partial charge in [-0.3, -0.25) is 0 Å². The molecule has 0 amide bonds. The van der Waals surface area contributed by atoms with E-state index < -0.39 is 5.60 Å². The van der Waals surface area contributed by atoms with Crippen LogP contribution in [0, 0.1) is 11.8 Å². The molecule has 4 atom stereocenters. The zero-order valence-corrected chi connectivity index (χ0v) is 8.25. The number of rotatable bonds is 2. The lowest BCUT2D eigenvalue weighted by Gasteiger charge is -2.32. The maximum absolute atomic E-state index is 9.96. The standard InChI is InChI=1S/C10H20O2/c1-7(8(2)11)9-5-4-6-10(9,3)12/h7-9,11-12H,4-6H2,1-3H3. The second kappa shape index (κ2) is 3.35. The van der Waals surface area contributed by atoms with Gasteiger partial charge < -0.3 is 10.2 Å². The molecule has 2 N–H and O–H groups in total. The molecule has 1 aliphatic carbocycles. The molecule has 1 fully saturated rings. The SMILES string of the molecule is CC(O)C(C)C1CCCC1(C)O. The van der Waals surface area contributed by atoms with Crippen molar-refractivity contribution in [3.8, 4) is 0 Å². The number of aliphatic hydroxyl groups is 2. The molecule has 0 aromatic heterocycles. The van der Waals surface area contributed by atoms with Crippen LogP contribution in [0.1, 0.15) is 40.0 Å². The Labute approximate surface area is 74.6 Å². The highest BCUT2D eigenvalue weighted by molar-refractivity contribution is 4.92. The lowest BCUT2D eigenvalue weighted by molar-refractivity contribution is -0.0289. The minimum absolute atomic E-state index is 0.211. The van der Waals surface area contributed by atoms with Crippen LogP contribution in [0.2, 0.25) is 0 Å². The molecular formula is C10H20O2. The van der Waals surface area contributed by atoms with E-state index >= 15 is 0 Å². The minimum atomic E-state index is -0.545. The summed E-state index contributed by atoms with van der Waals surface area (Å²) in [5.74, 6) is 0.486. The predicted octanol–water partition coefficient (Wildman–Crippen LogP) is 1.55. The molecule has 0 radical (unpaired) electrons. The number of hydrogen-bond donors (Lipinski definition) is 2. The predicted molar refractivity (Wildman–Crippen MR) is 48.8 cm³/mol. The summed E-state index contributed by atoms with van der Waals surface area (Å²) in [6.07, 6.45) is 2.72. The van der Waals surface area contributed by atoms with Crippen LogP contribution in [0.3, 0.4) is 0 Å². The molecule has 0 aromatic rings. The maximum Gasteiger partial charge on any atom is 0.0651 e. The Kier molecular flexibility index (Phi) is 2.79. The van der Waals surface area contributed by atoms with Crippen molar-refractivity contribution >= 4 is 0 Å². The summed E-state index contributed by atoms with van der Waals surface area (Å²) in [5, 5.41) is 19.4. The fourth-order valence-corrected chi connectivity index (χ4v) is 2.34. The molecular weight excluding hydrogens is 152 g/mol. The molecule has 4 unspecified atom stereocenters. The van der Waals surface area contributed by atoms with Crippen LogP contribution in [0.4, 0.5) is 0 Å². The van der Waals surface area contributed by atoms with Crippen molar-refractivity contribution in [1.82, 2.24) is 0 Å².